The lowest BCUT2D eigenvalue weighted by Crippen LogP contribution is -2.34. The summed E-state index contributed by atoms with van der Waals surface area (Å²) in [5, 5.41) is 5.27. The third-order valence-electron chi connectivity index (χ3n) is 5.82. The van der Waals surface area contributed by atoms with Gasteiger partial charge in [0.05, 0.1) is 5.57 Å². The topological polar surface area (TPSA) is 49.4 Å². The molecule has 4 aromatic carbocycles. The number of halogens is 1. The van der Waals surface area contributed by atoms with Gasteiger partial charge in [0, 0.05) is 17.6 Å². The summed E-state index contributed by atoms with van der Waals surface area (Å²) >= 11 is 0. The van der Waals surface area contributed by atoms with E-state index in [1.54, 1.807) is 12.1 Å². The van der Waals surface area contributed by atoms with Crippen LogP contribution in [0.25, 0.3) is 16.3 Å². The van der Waals surface area contributed by atoms with Gasteiger partial charge in [0.1, 0.15) is 11.5 Å². The summed E-state index contributed by atoms with van der Waals surface area (Å²) in [4.78, 5) is 28.1. The maximum absolute atomic E-state index is 13.4. The van der Waals surface area contributed by atoms with Crippen molar-refractivity contribution in [3.8, 4) is 0 Å². The minimum absolute atomic E-state index is 0.209. The second kappa shape index (κ2) is 8.71. The van der Waals surface area contributed by atoms with Gasteiger partial charge in [-0.15, -0.1) is 0 Å². The van der Waals surface area contributed by atoms with Gasteiger partial charge in [-0.05, 0) is 41.1 Å². The van der Waals surface area contributed by atoms with Crippen LogP contribution in [0.15, 0.2) is 103 Å². The molecule has 0 saturated heterocycles. The number of carbonyl (C=O) groups is 2. The minimum atomic E-state index is -0.367. The molecule has 0 saturated carbocycles. The van der Waals surface area contributed by atoms with Crippen molar-refractivity contribution in [3.63, 3.8) is 0 Å². The Bertz CT molecular complexity index is 1370. The number of carbonyl (C=O) groups excluding carboxylic acids is 2. The van der Waals surface area contributed by atoms with Crippen LogP contribution in [0.3, 0.4) is 0 Å². The SMILES string of the molecule is O=C1C(Nc2cccc3ccccc23)=C(c2ccccc2)C(=O)N1CCc1ccc(F)cc1. The van der Waals surface area contributed by atoms with E-state index in [1.807, 2.05) is 72.8 Å². The van der Waals surface area contributed by atoms with Crippen molar-refractivity contribution in [2.45, 2.75) is 6.42 Å². The average Bonchev–Trinajstić information content (AvgIpc) is 3.08. The highest BCUT2D eigenvalue weighted by molar-refractivity contribution is 6.36. The molecular formula is C28H21FN2O2. The van der Waals surface area contributed by atoms with E-state index < -0.39 is 0 Å². The molecule has 0 unspecified atom stereocenters. The lowest BCUT2D eigenvalue weighted by Gasteiger charge is -2.16. The van der Waals surface area contributed by atoms with Crippen LogP contribution in [-0.2, 0) is 16.0 Å². The number of hydrogen-bond acceptors (Lipinski definition) is 3. The fourth-order valence-electron chi connectivity index (χ4n) is 4.13. The van der Waals surface area contributed by atoms with Crippen molar-refractivity contribution in [2.75, 3.05) is 11.9 Å². The van der Waals surface area contributed by atoms with Gasteiger partial charge in [-0.2, -0.15) is 0 Å². The van der Waals surface area contributed by atoms with Crippen molar-refractivity contribution in [1.82, 2.24) is 4.90 Å². The number of hydrogen-bond donors (Lipinski definition) is 1. The van der Waals surface area contributed by atoms with Crippen LogP contribution in [-0.4, -0.2) is 23.3 Å². The molecule has 1 N–H and O–H groups in total. The van der Waals surface area contributed by atoms with Gasteiger partial charge in [0.15, 0.2) is 0 Å². The van der Waals surface area contributed by atoms with Crippen molar-refractivity contribution in [2.24, 2.45) is 0 Å². The van der Waals surface area contributed by atoms with Crippen LogP contribution in [0.5, 0.6) is 0 Å². The van der Waals surface area contributed by atoms with Crippen LogP contribution in [0.1, 0.15) is 11.1 Å². The van der Waals surface area contributed by atoms with Crippen LogP contribution >= 0.6 is 0 Å². The van der Waals surface area contributed by atoms with Crippen molar-refractivity contribution < 1.29 is 14.0 Å². The van der Waals surface area contributed by atoms with Gasteiger partial charge in [0.2, 0.25) is 0 Å². The molecule has 0 aliphatic carbocycles. The molecule has 1 aliphatic rings. The number of amides is 2. The van der Waals surface area contributed by atoms with E-state index in [0.717, 1.165) is 22.0 Å². The first-order valence-corrected chi connectivity index (χ1v) is 10.8. The van der Waals surface area contributed by atoms with Crippen LogP contribution in [0, 0.1) is 5.82 Å². The Morgan fingerprint density at radius 3 is 2.21 bits per heavy atom. The van der Waals surface area contributed by atoms with Crippen LogP contribution < -0.4 is 5.32 Å². The minimum Gasteiger partial charge on any atom is -0.350 e. The molecule has 2 amide bonds. The quantitative estimate of drug-likeness (QED) is 0.411. The molecule has 5 heteroatoms. The highest BCUT2D eigenvalue weighted by Gasteiger charge is 2.39. The number of nitrogens with one attached hydrogen (secondary N) is 1. The molecule has 0 radical (unpaired) electrons. The van der Waals surface area contributed by atoms with Gasteiger partial charge >= 0.3 is 0 Å². The Kier molecular flexibility index (Phi) is 5.45. The highest BCUT2D eigenvalue weighted by atomic mass is 19.1. The molecule has 33 heavy (non-hydrogen) atoms. The standard InChI is InChI=1S/C28H21FN2O2/c29-22-15-13-19(14-16-22)17-18-31-27(32)25(21-8-2-1-3-9-21)26(28(31)33)30-24-12-6-10-20-7-4-5-11-23(20)24/h1-16,30H,17-18H2. The number of anilines is 1. The second-order valence-electron chi connectivity index (χ2n) is 7.91. The van der Waals surface area contributed by atoms with Gasteiger partial charge in [-0.25, -0.2) is 4.39 Å². The fourth-order valence-corrected chi connectivity index (χ4v) is 4.13. The van der Waals surface area contributed by atoms with E-state index in [-0.39, 0.29) is 29.9 Å². The number of nitrogens with zero attached hydrogens (tertiary/aromatic N) is 1. The summed E-state index contributed by atoms with van der Waals surface area (Å²) in [6.07, 6.45) is 0.446. The lowest BCUT2D eigenvalue weighted by atomic mass is 10.0. The van der Waals surface area contributed by atoms with E-state index >= 15 is 0 Å². The van der Waals surface area contributed by atoms with Gasteiger partial charge in [0.25, 0.3) is 11.8 Å². The third kappa shape index (κ3) is 4.01. The van der Waals surface area contributed by atoms with E-state index in [0.29, 0.717) is 17.6 Å². The lowest BCUT2D eigenvalue weighted by molar-refractivity contribution is -0.136. The first-order chi connectivity index (χ1) is 16.1. The van der Waals surface area contributed by atoms with Gasteiger partial charge < -0.3 is 5.32 Å². The number of rotatable bonds is 6. The Morgan fingerprint density at radius 1 is 0.727 bits per heavy atom. The monoisotopic (exact) mass is 436 g/mol. The average molecular weight is 436 g/mol. The fraction of sp³-hybridized carbons (Fsp3) is 0.0714. The van der Waals surface area contributed by atoms with Crippen molar-refractivity contribution in [3.05, 3.63) is 120 Å². The Labute approximate surface area is 191 Å². The Morgan fingerprint density at radius 2 is 1.42 bits per heavy atom. The smallest absolute Gasteiger partial charge is 0.278 e. The maximum Gasteiger partial charge on any atom is 0.278 e. The Balaban J connectivity index is 1.50. The molecule has 0 fully saturated rings. The predicted octanol–water partition coefficient (Wildman–Crippen LogP) is 5.41. The molecule has 4 nitrogen and oxygen atoms in total. The van der Waals surface area contributed by atoms with Crippen LogP contribution in [0.2, 0.25) is 0 Å². The van der Waals surface area contributed by atoms with Crippen molar-refractivity contribution >= 4 is 33.8 Å². The highest BCUT2D eigenvalue weighted by Crippen LogP contribution is 2.32. The molecule has 1 aliphatic heterocycles. The zero-order chi connectivity index (χ0) is 22.8. The summed E-state index contributed by atoms with van der Waals surface area (Å²) in [6.45, 7) is 0.209. The van der Waals surface area contributed by atoms with Crippen molar-refractivity contribution in [1.29, 1.82) is 0 Å². The normalized spacial score (nSPS) is 13.8. The van der Waals surface area contributed by atoms with E-state index in [2.05, 4.69) is 5.32 Å². The van der Waals surface area contributed by atoms with Gasteiger partial charge in [-0.1, -0.05) is 78.9 Å². The molecule has 4 aromatic rings. The molecule has 1 heterocycles. The van der Waals surface area contributed by atoms with Gasteiger partial charge in [-0.3, -0.25) is 14.5 Å². The number of fused-ring (bicyclic) bond motifs is 1. The molecular weight excluding hydrogens is 415 g/mol. The zero-order valence-electron chi connectivity index (χ0n) is 17.8. The third-order valence-corrected chi connectivity index (χ3v) is 5.82. The number of imide groups is 1. The molecule has 0 atom stereocenters. The summed E-state index contributed by atoms with van der Waals surface area (Å²) in [5.41, 5.74) is 2.92. The Hall–Kier alpha value is -4.25. The number of benzene rings is 4. The maximum atomic E-state index is 13.4. The second-order valence-corrected chi connectivity index (χ2v) is 7.91. The summed E-state index contributed by atoms with van der Waals surface area (Å²) in [6, 6.07) is 29.0. The summed E-state index contributed by atoms with van der Waals surface area (Å²) in [5.74, 6) is -1.02. The zero-order valence-corrected chi connectivity index (χ0v) is 17.8. The molecule has 0 spiro atoms. The molecule has 162 valence electrons. The van der Waals surface area contributed by atoms with E-state index in [9.17, 15) is 14.0 Å². The summed E-state index contributed by atoms with van der Waals surface area (Å²) < 4.78 is 13.2. The first-order valence-electron chi connectivity index (χ1n) is 10.8. The van der Waals surface area contributed by atoms with E-state index in [1.165, 1.54) is 17.0 Å². The van der Waals surface area contributed by atoms with E-state index in [4.69, 9.17) is 0 Å². The predicted molar refractivity (Wildman–Crippen MR) is 128 cm³/mol. The largest absolute Gasteiger partial charge is 0.350 e. The molecule has 0 bridgehead atoms. The van der Waals surface area contributed by atoms with Crippen LogP contribution in [0.4, 0.5) is 10.1 Å². The molecule has 5 rings (SSSR count). The summed E-state index contributed by atoms with van der Waals surface area (Å²) in [7, 11) is 0. The molecule has 0 aromatic heterocycles. The first kappa shape index (κ1) is 20.6.